The average molecular weight is 303 g/mol. The number of benzene rings is 2. The van der Waals surface area contributed by atoms with Crippen molar-refractivity contribution in [3.05, 3.63) is 78.1 Å². The fourth-order valence-electron chi connectivity index (χ4n) is 2.75. The highest BCUT2D eigenvalue weighted by molar-refractivity contribution is 6.50. The molecule has 1 N–H and O–H groups in total. The lowest BCUT2D eigenvalue weighted by atomic mass is 9.94. The first-order valence-electron chi connectivity index (χ1n) is 7.19. The number of aliphatic imine (C=N–C) groups is 1. The molecule has 112 valence electrons. The molecule has 23 heavy (non-hydrogen) atoms. The number of hydrogen-bond donors (Lipinski definition) is 1. The van der Waals surface area contributed by atoms with Crippen LogP contribution in [0.15, 0.2) is 77.1 Å². The molecule has 1 aliphatic heterocycles. The fraction of sp³-hybridized carbons (Fsp3) is 0.0588. The van der Waals surface area contributed by atoms with Crippen LogP contribution < -0.4 is 0 Å². The molecule has 0 saturated carbocycles. The Kier molecular flexibility index (Phi) is 3.20. The number of fused-ring (bicyclic) bond motifs is 1. The third-order valence-corrected chi connectivity index (χ3v) is 3.78. The van der Waals surface area contributed by atoms with Crippen LogP contribution in [0.3, 0.4) is 0 Å². The van der Waals surface area contributed by atoms with E-state index in [9.17, 15) is 5.21 Å². The zero-order valence-electron chi connectivity index (χ0n) is 12.1. The van der Waals surface area contributed by atoms with Crippen molar-refractivity contribution in [3.63, 3.8) is 0 Å². The Morgan fingerprint density at radius 1 is 0.957 bits per heavy atom. The van der Waals surface area contributed by atoms with Gasteiger partial charge in [-0.2, -0.15) is 10.1 Å². The summed E-state index contributed by atoms with van der Waals surface area (Å²) in [5, 5.41) is 17.4. The van der Waals surface area contributed by atoms with Gasteiger partial charge in [0, 0.05) is 5.56 Å². The van der Waals surface area contributed by atoms with E-state index in [-0.39, 0.29) is 6.04 Å². The van der Waals surface area contributed by atoms with Gasteiger partial charge in [0.05, 0.1) is 0 Å². The van der Waals surface area contributed by atoms with Gasteiger partial charge in [0.1, 0.15) is 23.8 Å². The van der Waals surface area contributed by atoms with Gasteiger partial charge in [0.15, 0.2) is 0 Å². The van der Waals surface area contributed by atoms with E-state index in [1.807, 2.05) is 60.7 Å². The average Bonchev–Trinajstić information content (AvgIpc) is 3.09. The van der Waals surface area contributed by atoms with E-state index in [2.05, 4.69) is 20.2 Å². The van der Waals surface area contributed by atoms with Gasteiger partial charge in [-0.25, -0.2) is 9.67 Å². The van der Waals surface area contributed by atoms with Gasteiger partial charge in [-0.3, -0.25) is 0 Å². The molecule has 3 aromatic rings. The smallest absolute Gasteiger partial charge is 0.249 e. The fourth-order valence-corrected chi connectivity index (χ4v) is 2.75. The Bertz CT molecular complexity index is 884. The molecule has 0 saturated heterocycles. The highest BCUT2D eigenvalue weighted by Crippen LogP contribution is 2.30. The molecule has 0 bridgehead atoms. The SMILES string of the molecule is O/N=C1/C(c2ccccc2)=Nc2ncnn2C1c1ccccc1. The van der Waals surface area contributed by atoms with Crippen LogP contribution in [-0.4, -0.2) is 31.4 Å². The molecule has 2 heterocycles. The van der Waals surface area contributed by atoms with Crippen molar-refractivity contribution in [3.8, 4) is 0 Å². The summed E-state index contributed by atoms with van der Waals surface area (Å²) in [5.41, 5.74) is 2.87. The standard InChI is InChI=1S/C17H13N5O/c23-21-15-14(12-7-3-1-4-8-12)20-17-18-11-19-22(17)16(15)13-9-5-2-6-10-13/h1-11,16,23H/b21-15-. The minimum absolute atomic E-state index is 0.369. The maximum absolute atomic E-state index is 9.66. The van der Waals surface area contributed by atoms with E-state index in [0.29, 0.717) is 17.4 Å². The van der Waals surface area contributed by atoms with Crippen molar-refractivity contribution in [1.82, 2.24) is 14.8 Å². The van der Waals surface area contributed by atoms with Crippen LogP contribution in [-0.2, 0) is 0 Å². The minimum Gasteiger partial charge on any atom is -0.411 e. The molecule has 0 aliphatic carbocycles. The van der Waals surface area contributed by atoms with E-state index in [1.165, 1.54) is 6.33 Å². The van der Waals surface area contributed by atoms with Gasteiger partial charge in [0.2, 0.25) is 5.95 Å². The van der Waals surface area contributed by atoms with Crippen LogP contribution in [0.25, 0.3) is 0 Å². The lowest BCUT2D eigenvalue weighted by molar-refractivity contribution is 0.316. The van der Waals surface area contributed by atoms with Crippen molar-refractivity contribution >= 4 is 17.4 Å². The first-order valence-corrected chi connectivity index (χ1v) is 7.19. The second-order valence-electron chi connectivity index (χ2n) is 5.13. The number of nitrogens with zero attached hydrogens (tertiary/aromatic N) is 5. The molecule has 0 amide bonds. The zero-order chi connectivity index (χ0) is 15.6. The predicted molar refractivity (Wildman–Crippen MR) is 86.5 cm³/mol. The van der Waals surface area contributed by atoms with Crippen LogP contribution in [0.1, 0.15) is 17.2 Å². The largest absolute Gasteiger partial charge is 0.411 e. The number of oxime groups is 1. The molecule has 1 unspecified atom stereocenters. The van der Waals surface area contributed by atoms with Gasteiger partial charge >= 0.3 is 0 Å². The summed E-state index contributed by atoms with van der Waals surface area (Å²) in [5.74, 6) is 0.491. The summed E-state index contributed by atoms with van der Waals surface area (Å²) in [6.07, 6.45) is 1.46. The monoisotopic (exact) mass is 303 g/mol. The first kappa shape index (κ1) is 13.4. The molecule has 0 radical (unpaired) electrons. The molecule has 4 rings (SSSR count). The van der Waals surface area contributed by atoms with E-state index < -0.39 is 0 Å². The van der Waals surface area contributed by atoms with Crippen molar-refractivity contribution in [2.45, 2.75) is 6.04 Å². The first-order chi connectivity index (χ1) is 11.4. The summed E-state index contributed by atoms with van der Waals surface area (Å²) >= 11 is 0. The van der Waals surface area contributed by atoms with E-state index in [4.69, 9.17) is 0 Å². The minimum atomic E-state index is -0.369. The summed E-state index contributed by atoms with van der Waals surface area (Å²) in [6, 6.07) is 19.0. The Balaban J connectivity index is 1.93. The van der Waals surface area contributed by atoms with E-state index in [1.54, 1.807) is 4.68 Å². The summed E-state index contributed by atoms with van der Waals surface area (Å²) in [7, 11) is 0. The Hall–Kier alpha value is -3.28. The lowest BCUT2D eigenvalue weighted by Crippen LogP contribution is -2.32. The summed E-state index contributed by atoms with van der Waals surface area (Å²) < 4.78 is 1.66. The van der Waals surface area contributed by atoms with Crippen molar-refractivity contribution in [1.29, 1.82) is 0 Å². The Morgan fingerprint density at radius 2 is 1.65 bits per heavy atom. The van der Waals surface area contributed by atoms with Crippen molar-refractivity contribution in [2.24, 2.45) is 10.1 Å². The number of hydrogen-bond acceptors (Lipinski definition) is 5. The third kappa shape index (κ3) is 2.20. The molecule has 6 nitrogen and oxygen atoms in total. The van der Waals surface area contributed by atoms with Gasteiger partial charge in [-0.15, -0.1) is 0 Å². The summed E-state index contributed by atoms with van der Waals surface area (Å²) in [6.45, 7) is 0. The van der Waals surface area contributed by atoms with Crippen molar-refractivity contribution < 1.29 is 5.21 Å². The van der Waals surface area contributed by atoms with Crippen LogP contribution in [0.5, 0.6) is 0 Å². The molecular formula is C17H13N5O. The summed E-state index contributed by atoms with van der Waals surface area (Å²) in [4.78, 5) is 8.72. The molecule has 0 spiro atoms. The number of rotatable bonds is 2. The molecular weight excluding hydrogens is 290 g/mol. The lowest BCUT2D eigenvalue weighted by Gasteiger charge is -2.24. The normalized spacial score (nSPS) is 18.5. The predicted octanol–water partition coefficient (Wildman–Crippen LogP) is 2.83. The topological polar surface area (TPSA) is 75.7 Å². The van der Waals surface area contributed by atoms with Crippen LogP contribution in [0.4, 0.5) is 5.95 Å². The highest BCUT2D eigenvalue weighted by atomic mass is 16.4. The van der Waals surface area contributed by atoms with E-state index >= 15 is 0 Å². The zero-order valence-corrected chi connectivity index (χ0v) is 12.1. The third-order valence-electron chi connectivity index (χ3n) is 3.78. The molecule has 0 fully saturated rings. The quantitative estimate of drug-likeness (QED) is 0.584. The number of aromatic nitrogens is 3. The Labute approximate surface area is 132 Å². The van der Waals surface area contributed by atoms with Crippen LogP contribution >= 0.6 is 0 Å². The van der Waals surface area contributed by atoms with Gasteiger partial charge in [-0.1, -0.05) is 65.8 Å². The van der Waals surface area contributed by atoms with Crippen LogP contribution in [0.2, 0.25) is 0 Å². The van der Waals surface area contributed by atoms with Gasteiger partial charge < -0.3 is 5.21 Å². The van der Waals surface area contributed by atoms with Crippen molar-refractivity contribution in [2.75, 3.05) is 0 Å². The van der Waals surface area contributed by atoms with E-state index in [0.717, 1.165) is 11.1 Å². The highest BCUT2D eigenvalue weighted by Gasteiger charge is 2.33. The van der Waals surface area contributed by atoms with Gasteiger partial charge in [0.25, 0.3) is 0 Å². The Morgan fingerprint density at radius 3 is 2.35 bits per heavy atom. The second-order valence-corrected chi connectivity index (χ2v) is 5.13. The maximum atomic E-state index is 9.66. The second kappa shape index (κ2) is 5.49. The molecule has 6 heteroatoms. The molecule has 1 atom stereocenters. The molecule has 1 aliphatic rings. The maximum Gasteiger partial charge on any atom is 0.249 e. The van der Waals surface area contributed by atoms with Crippen LogP contribution in [0, 0.1) is 0 Å². The molecule has 1 aromatic heterocycles. The molecule has 2 aromatic carbocycles. The van der Waals surface area contributed by atoms with Gasteiger partial charge in [-0.05, 0) is 5.56 Å².